The van der Waals surface area contributed by atoms with Crippen LogP contribution in [-0.4, -0.2) is 0 Å². The highest BCUT2D eigenvalue weighted by Crippen LogP contribution is 2.36. The summed E-state index contributed by atoms with van der Waals surface area (Å²) < 4.78 is 0. The van der Waals surface area contributed by atoms with Crippen LogP contribution >= 0.6 is 0 Å². The van der Waals surface area contributed by atoms with Crippen molar-refractivity contribution in [3.63, 3.8) is 0 Å². The average molecular weight is 190 g/mol. The van der Waals surface area contributed by atoms with E-state index in [0.29, 0.717) is 5.41 Å². The average Bonchev–Trinajstić information content (AvgIpc) is 2.19. The fourth-order valence-corrected chi connectivity index (χ4v) is 2.58. The van der Waals surface area contributed by atoms with Crippen LogP contribution < -0.4 is 0 Å². The zero-order valence-electron chi connectivity index (χ0n) is 9.55. The molecule has 2 rings (SSSR count). The van der Waals surface area contributed by atoms with Crippen molar-refractivity contribution in [3.05, 3.63) is 23.8 Å². The van der Waals surface area contributed by atoms with Crippen molar-refractivity contribution in [1.29, 1.82) is 0 Å². The lowest BCUT2D eigenvalue weighted by molar-refractivity contribution is 0.399. The van der Waals surface area contributed by atoms with Crippen LogP contribution in [0.2, 0.25) is 0 Å². The molecular formula is C14H22. The number of allylic oxidation sites excluding steroid dienone is 4. The maximum atomic E-state index is 2.48. The molecule has 0 unspecified atom stereocenters. The summed E-state index contributed by atoms with van der Waals surface area (Å²) in [5.41, 5.74) is 2.03. The molecule has 0 aliphatic heterocycles. The van der Waals surface area contributed by atoms with E-state index in [1.54, 1.807) is 5.57 Å². The van der Waals surface area contributed by atoms with E-state index in [4.69, 9.17) is 0 Å². The van der Waals surface area contributed by atoms with Crippen molar-refractivity contribution < 1.29 is 0 Å². The lowest BCUT2D eigenvalue weighted by Gasteiger charge is -2.28. The van der Waals surface area contributed by atoms with Crippen molar-refractivity contribution in [2.45, 2.75) is 52.4 Å². The Morgan fingerprint density at radius 3 is 2.43 bits per heavy atom. The predicted octanol–water partition coefficient (Wildman–Crippen LogP) is 4.48. The molecular weight excluding hydrogens is 168 g/mol. The summed E-state index contributed by atoms with van der Waals surface area (Å²) in [6, 6.07) is 0. The van der Waals surface area contributed by atoms with Gasteiger partial charge in [-0.1, -0.05) is 51.3 Å². The summed E-state index contributed by atoms with van der Waals surface area (Å²) in [4.78, 5) is 0. The minimum atomic E-state index is 0.401. The first-order chi connectivity index (χ1) is 6.67. The van der Waals surface area contributed by atoms with Gasteiger partial charge in [-0.15, -0.1) is 0 Å². The molecule has 0 amide bonds. The van der Waals surface area contributed by atoms with E-state index in [2.05, 4.69) is 32.1 Å². The highest BCUT2D eigenvalue weighted by atomic mass is 14.3. The van der Waals surface area contributed by atoms with Crippen LogP contribution in [0.25, 0.3) is 0 Å². The summed E-state index contributed by atoms with van der Waals surface area (Å²) >= 11 is 0. The summed E-state index contributed by atoms with van der Waals surface area (Å²) in [5, 5.41) is 0. The van der Waals surface area contributed by atoms with Gasteiger partial charge in [0.1, 0.15) is 0 Å². The van der Waals surface area contributed by atoms with Crippen molar-refractivity contribution in [3.8, 4) is 0 Å². The minimum absolute atomic E-state index is 0.401. The van der Waals surface area contributed by atoms with E-state index >= 15 is 0 Å². The Labute approximate surface area is 88.1 Å². The third-order valence-corrected chi connectivity index (χ3v) is 3.67. The van der Waals surface area contributed by atoms with Crippen molar-refractivity contribution in [2.75, 3.05) is 0 Å². The first-order valence-electron chi connectivity index (χ1n) is 6.07. The molecule has 2 aliphatic carbocycles. The first kappa shape index (κ1) is 10.0. The van der Waals surface area contributed by atoms with Crippen LogP contribution in [-0.2, 0) is 0 Å². The van der Waals surface area contributed by atoms with Crippen LogP contribution in [0.15, 0.2) is 23.8 Å². The molecule has 0 atom stereocenters. The van der Waals surface area contributed by atoms with Crippen LogP contribution in [0.3, 0.4) is 0 Å². The molecule has 0 N–H and O–H groups in total. The lowest BCUT2D eigenvalue weighted by atomic mass is 9.77. The number of hydrogen-bond donors (Lipinski definition) is 0. The Bertz CT molecular complexity index is 249. The molecule has 0 aromatic rings. The monoisotopic (exact) mass is 190 g/mol. The number of hydrogen-bond acceptors (Lipinski definition) is 0. The molecule has 0 aromatic heterocycles. The fourth-order valence-electron chi connectivity index (χ4n) is 2.58. The molecule has 78 valence electrons. The minimum Gasteiger partial charge on any atom is -0.0802 e. The molecule has 0 bridgehead atoms. The van der Waals surface area contributed by atoms with Crippen molar-refractivity contribution in [2.24, 2.45) is 11.3 Å². The normalized spacial score (nSPS) is 27.4. The van der Waals surface area contributed by atoms with Gasteiger partial charge in [-0.25, -0.2) is 0 Å². The topological polar surface area (TPSA) is 0 Å². The van der Waals surface area contributed by atoms with Gasteiger partial charge in [0.05, 0.1) is 0 Å². The Morgan fingerprint density at radius 2 is 1.86 bits per heavy atom. The van der Waals surface area contributed by atoms with Crippen LogP contribution in [0.5, 0.6) is 0 Å². The van der Waals surface area contributed by atoms with Gasteiger partial charge >= 0.3 is 0 Å². The van der Waals surface area contributed by atoms with E-state index in [1.807, 2.05) is 0 Å². The standard InChI is InChI=1S/C14H22/c1-14(2)10-8-13(9-11-14)12-6-4-3-5-7-12/h8-10,12H,3-7,11H2,1-2H3. The van der Waals surface area contributed by atoms with Gasteiger partial charge in [0.15, 0.2) is 0 Å². The maximum absolute atomic E-state index is 2.48. The van der Waals surface area contributed by atoms with Gasteiger partial charge in [0.25, 0.3) is 0 Å². The van der Waals surface area contributed by atoms with E-state index < -0.39 is 0 Å². The van der Waals surface area contributed by atoms with E-state index in [0.717, 1.165) is 5.92 Å². The Kier molecular flexibility index (Phi) is 2.80. The van der Waals surface area contributed by atoms with Gasteiger partial charge in [0.2, 0.25) is 0 Å². The Hall–Kier alpha value is -0.520. The largest absolute Gasteiger partial charge is 0.0802 e. The first-order valence-corrected chi connectivity index (χ1v) is 6.07. The van der Waals surface area contributed by atoms with E-state index in [9.17, 15) is 0 Å². The van der Waals surface area contributed by atoms with E-state index in [-0.39, 0.29) is 0 Å². The third-order valence-electron chi connectivity index (χ3n) is 3.67. The second-order valence-electron chi connectivity index (χ2n) is 5.57. The smallest absolute Gasteiger partial charge is 0.0137 e. The van der Waals surface area contributed by atoms with Gasteiger partial charge in [-0.3, -0.25) is 0 Å². The molecule has 0 radical (unpaired) electrons. The van der Waals surface area contributed by atoms with Gasteiger partial charge < -0.3 is 0 Å². The Morgan fingerprint density at radius 1 is 1.14 bits per heavy atom. The predicted molar refractivity (Wildman–Crippen MR) is 62.2 cm³/mol. The zero-order valence-corrected chi connectivity index (χ0v) is 9.55. The molecule has 0 heterocycles. The van der Waals surface area contributed by atoms with Crippen LogP contribution in [0.1, 0.15) is 52.4 Å². The summed E-state index contributed by atoms with van der Waals surface area (Å²) in [6.07, 6.45) is 15.7. The van der Waals surface area contributed by atoms with Gasteiger partial charge in [-0.05, 0) is 36.2 Å². The fraction of sp³-hybridized carbons (Fsp3) is 0.714. The van der Waals surface area contributed by atoms with Crippen LogP contribution in [0.4, 0.5) is 0 Å². The molecule has 0 aromatic carbocycles. The molecule has 1 saturated carbocycles. The molecule has 0 heteroatoms. The second kappa shape index (κ2) is 3.92. The number of rotatable bonds is 1. The van der Waals surface area contributed by atoms with Crippen LogP contribution in [0, 0.1) is 11.3 Å². The molecule has 14 heavy (non-hydrogen) atoms. The van der Waals surface area contributed by atoms with Crippen molar-refractivity contribution in [1.82, 2.24) is 0 Å². The van der Waals surface area contributed by atoms with E-state index in [1.165, 1.54) is 38.5 Å². The molecule has 0 saturated heterocycles. The third kappa shape index (κ3) is 2.29. The molecule has 0 spiro atoms. The van der Waals surface area contributed by atoms with Gasteiger partial charge in [-0.2, -0.15) is 0 Å². The highest BCUT2D eigenvalue weighted by molar-refractivity contribution is 5.28. The lowest BCUT2D eigenvalue weighted by Crippen LogP contribution is -2.14. The summed E-state index contributed by atoms with van der Waals surface area (Å²) in [7, 11) is 0. The Balaban J connectivity index is 1.99. The molecule has 0 nitrogen and oxygen atoms in total. The molecule has 1 fully saturated rings. The summed E-state index contributed by atoms with van der Waals surface area (Å²) in [6.45, 7) is 4.63. The zero-order chi connectivity index (χ0) is 10.0. The SMILES string of the molecule is CC1(C)C=CC(C2CCCCC2)=CC1. The highest BCUT2D eigenvalue weighted by Gasteiger charge is 2.21. The van der Waals surface area contributed by atoms with Crippen molar-refractivity contribution >= 4 is 0 Å². The van der Waals surface area contributed by atoms with Gasteiger partial charge in [0, 0.05) is 0 Å². The second-order valence-corrected chi connectivity index (χ2v) is 5.57. The molecule has 2 aliphatic rings. The quantitative estimate of drug-likeness (QED) is 0.572. The summed E-state index contributed by atoms with van der Waals surface area (Å²) in [5.74, 6) is 0.885. The maximum Gasteiger partial charge on any atom is -0.0137 e.